The number of piperidine rings is 1. The SMILES string of the molecule is C[C@@H](c1ccccc1C1CCCC1)n1cncc1C(=O)N1CC[C@H]2NCCO[C@@H]2C1. The zero-order valence-electron chi connectivity index (χ0n) is 17.8. The number of carbonyl (C=O) groups excluding carboxylic acids is 1. The van der Waals surface area contributed by atoms with E-state index in [1.54, 1.807) is 6.20 Å². The second-order valence-corrected chi connectivity index (χ2v) is 8.98. The van der Waals surface area contributed by atoms with Crippen LogP contribution < -0.4 is 5.32 Å². The molecule has 0 unspecified atom stereocenters. The van der Waals surface area contributed by atoms with Crippen molar-refractivity contribution in [3.63, 3.8) is 0 Å². The highest BCUT2D eigenvalue weighted by Gasteiger charge is 2.35. The Morgan fingerprint density at radius 2 is 2.07 bits per heavy atom. The second kappa shape index (κ2) is 8.52. The van der Waals surface area contributed by atoms with Crippen LogP contribution >= 0.6 is 0 Å². The first-order chi connectivity index (χ1) is 14.7. The van der Waals surface area contributed by atoms with E-state index in [-0.39, 0.29) is 18.1 Å². The minimum Gasteiger partial charge on any atom is -0.373 e. The molecule has 1 amide bonds. The van der Waals surface area contributed by atoms with Crippen molar-refractivity contribution in [1.82, 2.24) is 19.8 Å². The number of benzene rings is 1. The molecule has 3 heterocycles. The number of imidazole rings is 1. The van der Waals surface area contributed by atoms with Crippen LogP contribution in [-0.4, -0.2) is 58.7 Å². The number of fused-ring (bicyclic) bond motifs is 1. The Labute approximate surface area is 178 Å². The normalized spacial score (nSPS) is 25.8. The van der Waals surface area contributed by atoms with Crippen LogP contribution in [0.3, 0.4) is 0 Å². The van der Waals surface area contributed by atoms with Crippen molar-refractivity contribution in [2.24, 2.45) is 0 Å². The van der Waals surface area contributed by atoms with Gasteiger partial charge in [-0.05, 0) is 43.2 Å². The topological polar surface area (TPSA) is 59.4 Å². The summed E-state index contributed by atoms with van der Waals surface area (Å²) in [5.74, 6) is 0.701. The summed E-state index contributed by atoms with van der Waals surface area (Å²) in [6.07, 6.45) is 9.73. The lowest BCUT2D eigenvalue weighted by Gasteiger charge is -2.41. The number of hydrogen-bond donors (Lipinski definition) is 1. The molecule has 0 radical (unpaired) electrons. The lowest BCUT2D eigenvalue weighted by Crippen LogP contribution is -2.58. The molecule has 5 rings (SSSR count). The van der Waals surface area contributed by atoms with Gasteiger partial charge in [-0.25, -0.2) is 4.98 Å². The van der Waals surface area contributed by atoms with E-state index in [1.165, 1.54) is 36.8 Å². The fraction of sp³-hybridized carbons (Fsp3) is 0.583. The van der Waals surface area contributed by atoms with Crippen LogP contribution in [0.4, 0.5) is 0 Å². The summed E-state index contributed by atoms with van der Waals surface area (Å²) in [5, 5.41) is 3.52. The van der Waals surface area contributed by atoms with Crippen molar-refractivity contribution in [2.75, 3.05) is 26.2 Å². The Morgan fingerprint density at radius 1 is 1.23 bits per heavy atom. The quantitative estimate of drug-likeness (QED) is 0.843. The molecule has 30 heavy (non-hydrogen) atoms. The highest BCUT2D eigenvalue weighted by Crippen LogP contribution is 2.38. The third kappa shape index (κ3) is 3.67. The number of nitrogens with one attached hydrogen (secondary N) is 1. The van der Waals surface area contributed by atoms with E-state index in [9.17, 15) is 4.79 Å². The molecule has 160 valence electrons. The number of aromatic nitrogens is 2. The lowest BCUT2D eigenvalue weighted by molar-refractivity contribution is -0.0417. The fourth-order valence-corrected chi connectivity index (χ4v) is 5.55. The third-order valence-electron chi connectivity index (χ3n) is 7.23. The van der Waals surface area contributed by atoms with E-state index in [0.717, 1.165) is 26.1 Å². The Balaban J connectivity index is 1.38. The highest BCUT2D eigenvalue weighted by atomic mass is 16.5. The van der Waals surface area contributed by atoms with Crippen LogP contribution in [0, 0.1) is 0 Å². The second-order valence-electron chi connectivity index (χ2n) is 8.98. The van der Waals surface area contributed by atoms with E-state index in [4.69, 9.17) is 4.74 Å². The zero-order chi connectivity index (χ0) is 20.5. The number of hydrogen-bond acceptors (Lipinski definition) is 4. The summed E-state index contributed by atoms with van der Waals surface area (Å²) in [6, 6.07) is 9.20. The van der Waals surface area contributed by atoms with Gasteiger partial charge in [0.05, 0.1) is 31.3 Å². The zero-order valence-corrected chi connectivity index (χ0v) is 17.8. The van der Waals surface area contributed by atoms with Gasteiger partial charge >= 0.3 is 0 Å². The predicted molar refractivity (Wildman–Crippen MR) is 116 cm³/mol. The molecular formula is C24H32N4O2. The van der Waals surface area contributed by atoms with Crippen molar-refractivity contribution in [3.05, 3.63) is 53.6 Å². The molecule has 6 nitrogen and oxygen atoms in total. The van der Waals surface area contributed by atoms with Crippen molar-refractivity contribution in [2.45, 2.75) is 63.1 Å². The maximum atomic E-state index is 13.4. The molecule has 3 aliphatic rings. The summed E-state index contributed by atoms with van der Waals surface area (Å²) in [5.41, 5.74) is 3.43. The standard InChI is InChI=1S/C24H32N4O2/c1-17(19-8-4-5-9-20(19)18-6-2-3-7-18)28-16-25-14-22(28)24(29)27-12-10-21-23(15-27)30-13-11-26-21/h4-5,8-9,14,16-18,21,23,26H,2-3,6-7,10-13,15H2,1H3/t17-,21+,23+/m0/s1. The Hall–Kier alpha value is -2.18. The smallest absolute Gasteiger partial charge is 0.272 e. The minimum atomic E-state index is 0.0605. The van der Waals surface area contributed by atoms with E-state index in [0.29, 0.717) is 24.2 Å². The maximum Gasteiger partial charge on any atom is 0.272 e. The Morgan fingerprint density at radius 3 is 2.93 bits per heavy atom. The lowest BCUT2D eigenvalue weighted by atomic mass is 9.90. The van der Waals surface area contributed by atoms with E-state index >= 15 is 0 Å². The van der Waals surface area contributed by atoms with Gasteiger partial charge in [0, 0.05) is 25.7 Å². The van der Waals surface area contributed by atoms with Crippen LogP contribution in [-0.2, 0) is 4.74 Å². The summed E-state index contributed by atoms with van der Waals surface area (Å²) in [7, 11) is 0. The average molecular weight is 409 g/mol. The Kier molecular flexibility index (Phi) is 5.61. The van der Waals surface area contributed by atoms with Crippen molar-refractivity contribution < 1.29 is 9.53 Å². The van der Waals surface area contributed by atoms with Gasteiger partial charge in [-0.2, -0.15) is 0 Å². The van der Waals surface area contributed by atoms with Crippen LogP contribution in [0.25, 0.3) is 0 Å². The van der Waals surface area contributed by atoms with Crippen LogP contribution in [0.1, 0.15) is 72.6 Å². The monoisotopic (exact) mass is 408 g/mol. The molecule has 3 fully saturated rings. The Bertz CT molecular complexity index is 889. The fourth-order valence-electron chi connectivity index (χ4n) is 5.55. The highest BCUT2D eigenvalue weighted by molar-refractivity contribution is 5.92. The van der Waals surface area contributed by atoms with Gasteiger partial charge in [0.2, 0.25) is 0 Å². The first-order valence-corrected chi connectivity index (χ1v) is 11.5. The van der Waals surface area contributed by atoms with Gasteiger partial charge in [-0.3, -0.25) is 4.79 Å². The average Bonchev–Trinajstić information content (AvgIpc) is 3.50. The number of morpholine rings is 1. The number of rotatable bonds is 4. The largest absolute Gasteiger partial charge is 0.373 e. The number of likely N-dealkylation sites (tertiary alicyclic amines) is 1. The molecule has 1 saturated carbocycles. The van der Waals surface area contributed by atoms with Gasteiger partial charge in [0.15, 0.2) is 0 Å². The number of carbonyl (C=O) groups is 1. The van der Waals surface area contributed by atoms with Crippen molar-refractivity contribution in [3.8, 4) is 0 Å². The summed E-state index contributed by atoms with van der Waals surface area (Å²) < 4.78 is 7.98. The van der Waals surface area contributed by atoms with E-state index < -0.39 is 0 Å². The molecule has 1 aliphatic carbocycles. The molecule has 2 saturated heterocycles. The number of ether oxygens (including phenoxy) is 1. The van der Waals surface area contributed by atoms with Gasteiger partial charge in [0.1, 0.15) is 5.69 Å². The first-order valence-electron chi connectivity index (χ1n) is 11.5. The molecule has 1 N–H and O–H groups in total. The third-order valence-corrected chi connectivity index (χ3v) is 7.23. The molecular weight excluding hydrogens is 376 g/mol. The first kappa shape index (κ1) is 19.8. The summed E-state index contributed by atoms with van der Waals surface area (Å²) in [4.78, 5) is 19.7. The van der Waals surface area contributed by atoms with Crippen LogP contribution in [0.15, 0.2) is 36.8 Å². The molecule has 1 aromatic heterocycles. The van der Waals surface area contributed by atoms with E-state index in [1.807, 2.05) is 11.2 Å². The van der Waals surface area contributed by atoms with E-state index in [2.05, 4.69) is 46.1 Å². The molecule has 1 aromatic carbocycles. The predicted octanol–water partition coefficient (Wildman–Crippen LogP) is 3.35. The minimum absolute atomic E-state index is 0.0605. The van der Waals surface area contributed by atoms with Gasteiger partial charge < -0.3 is 19.5 Å². The van der Waals surface area contributed by atoms with Crippen molar-refractivity contribution >= 4 is 5.91 Å². The van der Waals surface area contributed by atoms with Crippen LogP contribution in [0.2, 0.25) is 0 Å². The molecule has 3 atom stereocenters. The molecule has 2 aliphatic heterocycles. The van der Waals surface area contributed by atoms with Crippen LogP contribution in [0.5, 0.6) is 0 Å². The molecule has 2 aromatic rings. The summed E-state index contributed by atoms with van der Waals surface area (Å²) in [6.45, 7) is 5.21. The van der Waals surface area contributed by atoms with Crippen molar-refractivity contribution in [1.29, 1.82) is 0 Å². The number of amides is 1. The van der Waals surface area contributed by atoms with Gasteiger partial charge in [-0.15, -0.1) is 0 Å². The maximum absolute atomic E-state index is 13.4. The molecule has 6 heteroatoms. The summed E-state index contributed by atoms with van der Waals surface area (Å²) >= 11 is 0. The van der Waals surface area contributed by atoms with Gasteiger partial charge in [-0.1, -0.05) is 37.1 Å². The molecule has 0 spiro atoms. The molecule has 0 bridgehead atoms. The van der Waals surface area contributed by atoms with Gasteiger partial charge in [0.25, 0.3) is 5.91 Å². The number of nitrogens with zero attached hydrogens (tertiary/aromatic N) is 3.